The SMILES string of the molecule is COc1ccccc1N1CCN(CC(O)COc2ccc(O)c(C)c2)CC1. The van der Waals surface area contributed by atoms with Gasteiger partial charge in [0.25, 0.3) is 0 Å². The Kier molecular flexibility index (Phi) is 6.42. The van der Waals surface area contributed by atoms with E-state index in [0.717, 1.165) is 43.2 Å². The summed E-state index contributed by atoms with van der Waals surface area (Å²) in [6.07, 6.45) is -0.558. The number of β-amino-alcohol motifs (C(OH)–C–C–N with tert-alkyl or cyclic N) is 1. The molecule has 1 atom stereocenters. The van der Waals surface area contributed by atoms with E-state index in [1.54, 1.807) is 25.3 Å². The monoisotopic (exact) mass is 372 g/mol. The maximum absolute atomic E-state index is 10.3. The Hall–Kier alpha value is -2.44. The lowest BCUT2D eigenvalue weighted by Crippen LogP contribution is -2.49. The van der Waals surface area contributed by atoms with E-state index in [4.69, 9.17) is 9.47 Å². The van der Waals surface area contributed by atoms with Crippen molar-refractivity contribution < 1.29 is 19.7 Å². The lowest BCUT2D eigenvalue weighted by Gasteiger charge is -2.37. The van der Waals surface area contributed by atoms with Crippen molar-refractivity contribution in [3.8, 4) is 17.2 Å². The van der Waals surface area contributed by atoms with Crippen molar-refractivity contribution in [2.75, 3.05) is 51.3 Å². The van der Waals surface area contributed by atoms with Gasteiger partial charge in [-0.05, 0) is 42.8 Å². The number of phenolic OH excluding ortho intramolecular Hbond substituents is 1. The van der Waals surface area contributed by atoms with Crippen LogP contribution < -0.4 is 14.4 Å². The van der Waals surface area contributed by atoms with E-state index in [9.17, 15) is 10.2 Å². The Bertz CT molecular complexity index is 745. The molecule has 1 unspecified atom stereocenters. The number of aliphatic hydroxyl groups is 1. The highest BCUT2D eigenvalue weighted by Gasteiger charge is 2.21. The third-order valence-electron chi connectivity index (χ3n) is 4.88. The second-order valence-electron chi connectivity index (χ2n) is 6.87. The number of ether oxygens (including phenoxy) is 2. The number of para-hydroxylation sites is 2. The average Bonchev–Trinajstić information content (AvgIpc) is 2.69. The van der Waals surface area contributed by atoms with E-state index in [1.165, 1.54) is 0 Å². The van der Waals surface area contributed by atoms with E-state index in [1.807, 2.05) is 25.1 Å². The molecular weight excluding hydrogens is 344 g/mol. The van der Waals surface area contributed by atoms with Crippen LogP contribution in [0, 0.1) is 6.92 Å². The molecular formula is C21H28N2O4. The zero-order valence-corrected chi connectivity index (χ0v) is 16.0. The Morgan fingerprint density at radius 3 is 2.52 bits per heavy atom. The first kappa shape index (κ1) is 19.3. The fourth-order valence-electron chi connectivity index (χ4n) is 3.32. The zero-order chi connectivity index (χ0) is 19.2. The van der Waals surface area contributed by atoms with Gasteiger partial charge in [-0.3, -0.25) is 4.90 Å². The first-order valence-corrected chi connectivity index (χ1v) is 9.27. The van der Waals surface area contributed by atoms with Crippen molar-refractivity contribution >= 4 is 5.69 Å². The van der Waals surface area contributed by atoms with Gasteiger partial charge in [0.15, 0.2) is 0 Å². The largest absolute Gasteiger partial charge is 0.508 e. The quantitative estimate of drug-likeness (QED) is 0.777. The number of anilines is 1. The van der Waals surface area contributed by atoms with Crippen molar-refractivity contribution in [1.82, 2.24) is 4.90 Å². The van der Waals surface area contributed by atoms with Crippen LogP contribution in [0.15, 0.2) is 42.5 Å². The van der Waals surface area contributed by atoms with E-state index < -0.39 is 6.10 Å². The van der Waals surface area contributed by atoms with Crippen LogP contribution >= 0.6 is 0 Å². The van der Waals surface area contributed by atoms with Crippen LogP contribution in [-0.2, 0) is 0 Å². The molecule has 0 saturated carbocycles. The van der Waals surface area contributed by atoms with Crippen LogP contribution in [0.2, 0.25) is 0 Å². The van der Waals surface area contributed by atoms with Gasteiger partial charge in [-0.2, -0.15) is 0 Å². The molecule has 2 aromatic carbocycles. The predicted molar refractivity (Wildman–Crippen MR) is 106 cm³/mol. The lowest BCUT2D eigenvalue weighted by molar-refractivity contribution is 0.0662. The van der Waals surface area contributed by atoms with Gasteiger partial charge in [0, 0.05) is 32.7 Å². The molecule has 0 radical (unpaired) electrons. The molecule has 3 rings (SSSR count). The first-order chi connectivity index (χ1) is 13.1. The third-order valence-corrected chi connectivity index (χ3v) is 4.88. The fraction of sp³-hybridized carbons (Fsp3) is 0.429. The lowest BCUT2D eigenvalue weighted by atomic mass is 10.2. The topological polar surface area (TPSA) is 65.4 Å². The van der Waals surface area contributed by atoms with Crippen LogP contribution in [0.5, 0.6) is 17.2 Å². The van der Waals surface area contributed by atoms with Gasteiger partial charge >= 0.3 is 0 Å². The molecule has 0 aliphatic carbocycles. The molecule has 0 bridgehead atoms. The summed E-state index contributed by atoms with van der Waals surface area (Å²) in [5, 5.41) is 19.9. The van der Waals surface area contributed by atoms with Crippen molar-refractivity contribution in [2.24, 2.45) is 0 Å². The van der Waals surface area contributed by atoms with Gasteiger partial charge in [-0.1, -0.05) is 12.1 Å². The van der Waals surface area contributed by atoms with Gasteiger partial charge in [0.05, 0.1) is 12.8 Å². The average molecular weight is 372 g/mol. The number of methoxy groups -OCH3 is 1. The van der Waals surface area contributed by atoms with Crippen LogP contribution in [0.3, 0.4) is 0 Å². The van der Waals surface area contributed by atoms with Gasteiger partial charge in [-0.25, -0.2) is 0 Å². The minimum atomic E-state index is -0.558. The number of piperazine rings is 1. The highest BCUT2D eigenvalue weighted by atomic mass is 16.5. The number of aryl methyl sites for hydroxylation is 1. The summed E-state index contributed by atoms with van der Waals surface area (Å²) in [7, 11) is 1.70. The number of aliphatic hydroxyl groups excluding tert-OH is 1. The molecule has 2 aromatic rings. The summed E-state index contributed by atoms with van der Waals surface area (Å²) in [5.41, 5.74) is 1.88. The molecule has 1 heterocycles. The maximum Gasteiger partial charge on any atom is 0.142 e. The van der Waals surface area contributed by atoms with Gasteiger partial charge < -0.3 is 24.6 Å². The Morgan fingerprint density at radius 1 is 1.07 bits per heavy atom. The molecule has 1 fully saturated rings. The first-order valence-electron chi connectivity index (χ1n) is 9.27. The highest BCUT2D eigenvalue weighted by Crippen LogP contribution is 2.28. The molecule has 2 N–H and O–H groups in total. The van der Waals surface area contributed by atoms with Crippen LogP contribution in [0.25, 0.3) is 0 Å². The molecule has 0 amide bonds. The van der Waals surface area contributed by atoms with Crippen molar-refractivity contribution in [3.63, 3.8) is 0 Å². The predicted octanol–water partition coefficient (Wildman–Crippen LogP) is 2.27. The van der Waals surface area contributed by atoms with E-state index in [-0.39, 0.29) is 12.4 Å². The summed E-state index contributed by atoms with van der Waals surface area (Å²) in [6.45, 7) is 6.19. The summed E-state index contributed by atoms with van der Waals surface area (Å²) >= 11 is 0. The Labute approximate surface area is 160 Å². The highest BCUT2D eigenvalue weighted by molar-refractivity contribution is 5.58. The second-order valence-corrected chi connectivity index (χ2v) is 6.87. The minimum absolute atomic E-state index is 0.233. The number of nitrogens with zero attached hydrogens (tertiary/aromatic N) is 2. The zero-order valence-electron chi connectivity index (χ0n) is 16.0. The summed E-state index contributed by atoms with van der Waals surface area (Å²) in [4.78, 5) is 4.57. The number of phenols is 1. The summed E-state index contributed by atoms with van der Waals surface area (Å²) in [6, 6.07) is 13.1. The smallest absolute Gasteiger partial charge is 0.142 e. The van der Waals surface area contributed by atoms with Crippen LogP contribution in [0.1, 0.15) is 5.56 Å². The molecule has 27 heavy (non-hydrogen) atoms. The molecule has 6 nitrogen and oxygen atoms in total. The molecule has 1 saturated heterocycles. The van der Waals surface area contributed by atoms with E-state index >= 15 is 0 Å². The third kappa shape index (κ3) is 5.05. The van der Waals surface area contributed by atoms with E-state index in [0.29, 0.717) is 12.3 Å². The molecule has 1 aliphatic rings. The van der Waals surface area contributed by atoms with Gasteiger partial charge in [-0.15, -0.1) is 0 Å². The molecule has 146 valence electrons. The maximum atomic E-state index is 10.3. The molecule has 1 aliphatic heterocycles. The fourth-order valence-corrected chi connectivity index (χ4v) is 3.32. The number of rotatable bonds is 7. The summed E-state index contributed by atoms with van der Waals surface area (Å²) < 4.78 is 11.1. The number of hydrogen-bond acceptors (Lipinski definition) is 6. The Morgan fingerprint density at radius 2 is 1.81 bits per heavy atom. The minimum Gasteiger partial charge on any atom is -0.508 e. The van der Waals surface area contributed by atoms with Crippen molar-refractivity contribution in [3.05, 3.63) is 48.0 Å². The molecule has 0 spiro atoms. The number of benzene rings is 2. The molecule has 6 heteroatoms. The number of hydrogen-bond donors (Lipinski definition) is 2. The molecule has 0 aromatic heterocycles. The second kappa shape index (κ2) is 8.97. The van der Waals surface area contributed by atoms with E-state index in [2.05, 4.69) is 15.9 Å². The van der Waals surface area contributed by atoms with Crippen LogP contribution in [0.4, 0.5) is 5.69 Å². The summed E-state index contributed by atoms with van der Waals surface area (Å²) in [5.74, 6) is 1.80. The van der Waals surface area contributed by atoms with Gasteiger partial charge in [0.1, 0.15) is 30.0 Å². The van der Waals surface area contributed by atoms with Crippen molar-refractivity contribution in [2.45, 2.75) is 13.0 Å². The standard InChI is InChI=1S/C21H28N2O4/c1-16-13-18(7-8-20(16)25)27-15-17(24)14-22-9-11-23(12-10-22)19-5-3-4-6-21(19)26-2/h3-8,13,17,24-25H,9-12,14-15H2,1-2H3. The normalized spacial score (nSPS) is 16.2. The van der Waals surface area contributed by atoms with Crippen LogP contribution in [-0.4, -0.2) is 67.7 Å². The Balaban J connectivity index is 1.45. The van der Waals surface area contributed by atoms with Crippen molar-refractivity contribution in [1.29, 1.82) is 0 Å². The number of aromatic hydroxyl groups is 1. The van der Waals surface area contributed by atoms with Gasteiger partial charge in [0.2, 0.25) is 0 Å².